The van der Waals surface area contributed by atoms with E-state index in [9.17, 15) is 14.4 Å². The molecule has 1 atom stereocenters. The minimum Gasteiger partial charge on any atom is -0.421 e. The molecule has 0 N–H and O–H groups in total. The van der Waals surface area contributed by atoms with Crippen LogP contribution in [0.5, 0.6) is 0 Å². The van der Waals surface area contributed by atoms with Gasteiger partial charge in [0.1, 0.15) is 0 Å². The third kappa shape index (κ3) is 2.54. The van der Waals surface area contributed by atoms with Crippen LogP contribution in [-0.4, -0.2) is 29.4 Å². The number of esters is 1. The van der Waals surface area contributed by atoms with Crippen molar-refractivity contribution in [3.8, 4) is 0 Å². The van der Waals surface area contributed by atoms with Crippen molar-refractivity contribution < 1.29 is 19.1 Å². The summed E-state index contributed by atoms with van der Waals surface area (Å²) in [6.45, 7) is 0.222. The number of fused-ring (bicyclic) bond motifs is 2. The van der Waals surface area contributed by atoms with Gasteiger partial charge in [-0.05, 0) is 30.2 Å². The largest absolute Gasteiger partial charge is 0.421 e. The van der Waals surface area contributed by atoms with E-state index < -0.39 is 23.6 Å². The number of amides is 3. The number of urea groups is 1. The number of nitrogens with zero attached hydrogens (tertiary/aromatic N) is 2. The number of para-hydroxylation sites is 1. The molecular formula is C24H18N2O4. The summed E-state index contributed by atoms with van der Waals surface area (Å²) in [6, 6.07) is 24.6. The van der Waals surface area contributed by atoms with Gasteiger partial charge in [0.15, 0.2) is 0 Å². The molecule has 1 fully saturated rings. The molecule has 2 aliphatic rings. The van der Waals surface area contributed by atoms with Crippen molar-refractivity contribution in [2.45, 2.75) is 12.1 Å². The van der Waals surface area contributed by atoms with Crippen molar-refractivity contribution in [2.24, 2.45) is 0 Å². The van der Waals surface area contributed by atoms with Gasteiger partial charge in [0, 0.05) is 12.1 Å². The van der Waals surface area contributed by atoms with E-state index in [1.165, 1.54) is 4.90 Å². The van der Waals surface area contributed by atoms with Gasteiger partial charge in [-0.25, -0.2) is 14.5 Å². The summed E-state index contributed by atoms with van der Waals surface area (Å²) in [7, 11) is 0. The molecule has 0 aliphatic carbocycles. The highest BCUT2D eigenvalue weighted by atomic mass is 16.6. The van der Waals surface area contributed by atoms with Crippen LogP contribution < -0.4 is 4.90 Å². The highest BCUT2D eigenvalue weighted by Crippen LogP contribution is 2.46. The lowest BCUT2D eigenvalue weighted by molar-refractivity contribution is -0.147. The highest BCUT2D eigenvalue weighted by molar-refractivity contribution is 6.24. The Labute approximate surface area is 173 Å². The fraction of sp³-hybridized carbons (Fsp3) is 0.125. The van der Waals surface area contributed by atoms with E-state index in [4.69, 9.17) is 4.74 Å². The van der Waals surface area contributed by atoms with Crippen LogP contribution in [0, 0.1) is 0 Å². The Morgan fingerprint density at radius 1 is 0.767 bits per heavy atom. The minimum atomic E-state index is -1.78. The van der Waals surface area contributed by atoms with Crippen LogP contribution in [0.25, 0.3) is 0 Å². The fourth-order valence-electron chi connectivity index (χ4n) is 4.11. The summed E-state index contributed by atoms with van der Waals surface area (Å²) < 4.78 is 5.69. The molecule has 6 nitrogen and oxygen atoms in total. The number of ether oxygens (including phenoxy) is 1. The Morgan fingerprint density at radius 3 is 2.13 bits per heavy atom. The third-order valence-corrected chi connectivity index (χ3v) is 5.53. The van der Waals surface area contributed by atoms with E-state index in [2.05, 4.69) is 0 Å². The molecule has 1 saturated heterocycles. The lowest BCUT2D eigenvalue weighted by Gasteiger charge is -2.30. The zero-order valence-corrected chi connectivity index (χ0v) is 16.0. The normalized spacial score (nSPS) is 20.1. The number of hydrogen-bond donors (Lipinski definition) is 0. The van der Waals surface area contributed by atoms with Crippen molar-refractivity contribution >= 4 is 23.6 Å². The van der Waals surface area contributed by atoms with Gasteiger partial charge in [0.25, 0.3) is 5.72 Å². The van der Waals surface area contributed by atoms with Crippen molar-refractivity contribution in [3.63, 3.8) is 0 Å². The standard InChI is InChI=1S/C24H18N2O4/c27-21-19-13-7-8-14-20(19)24(30-21)22(28)26(18-11-5-2-6-12-18)23(29)25(24)16-15-17-9-3-1-4-10-17/h1-14H,15-16H2. The van der Waals surface area contributed by atoms with Crippen LogP contribution in [0.15, 0.2) is 84.9 Å². The SMILES string of the molecule is O=C1OC2(C(=O)N(c3ccccc3)C(=O)N2CCc2ccccc2)c2ccccc21. The van der Waals surface area contributed by atoms with Gasteiger partial charge in [-0.3, -0.25) is 9.69 Å². The van der Waals surface area contributed by atoms with Gasteiger partial charge < -0.3 is 4.74 Å². The number of carbonyl (C=O) groups excluding carboxylic acids is 3. The minimum absolute atomic E-state index is 0.222. The zero-order chi connectivity index (χ0) is 20.7. The maximum absolute atomic E-state index is 13.7. The first-order valence-corrected chi connectivity index (χ1v) is 9.71. The Hall–Kier alpha value is -3.93. The molecule has 3 aromatic carbocycles. The first kappa shape index (κ1) is 18.1. The molecule has 3 amide bonds. The average Bonchev–Trinajstić information content (AvgIpc) is 3.19. The summed E-state index contributed by atoms with van der Waals surface area (Å²) in [4.78, 5) is 42.2. The molecule has 5 rings (SSSR count). The van der Waals surface area contributed by atoms with Gasteiger partial charge in [-0.15, -0.1) is 0 Å². The number of imide groups is 1. The Bertz CT molecular complexity index is 1150. The Kier molecular flexibility index (Phi) is 4.13. The molecule has 1 unspecified atom stereocenters. The molecule has 0 bridgehead atoms. The molecule has 30 heavy (non-hydrogen) atoms. The van der Waals surface area contributed by atoms with Crippen molar-refractivity contribution in [2.75, 3.05) is 11.4 Å². The predicted octanol–water partition coefficient (Wildman–Crippen LogP) is 3.72. The molecule has 1 spiro atoms. The van der Waals surface area contributed by atoms with E-state index in [0.29, 0.717) is 23.2 Å². The van der Waals surface area contributed by atoms with Crippen LogP contribution in [0.4, 0.5) is 10.5 Å². The number of rotatable bonds is 4. The Balaban J connectivity index is 1.62. The lowest BCUT2D eigenvalue weighted by atomic mass is 9.98. The van der Waals surface area contributed by atoms with Gasteiger partial charge in [-0.1, -0.05) is 66.7 Å². The monoisotopic (exact) mass is 398 g/mol. The van der Waals surface area contributed by atoms with E-state index in [1.807, 2.05) is 36.4 Å². The average molecular weight is 398 g/mol. The van der Waals surface area contributed by atoms with E-state index in [0.717, 1.165) is 10.5 Å². The maximum atomic E-state index is 13.7. The van der Waals surface area contributed by atoms with Crippen LogP contribution >= 0.6 is 0 Å². The molecule has 2 aliphatic heterocycles. The molecule has 6 heteroatoms. The highest BCUT2D eigenvalue weighted by Gasteiger charge is 2.65. The fourth-order valence-corrected chi connectivity index (χ4v) is 4.11. The van der Waals surface area contributed by atoms with Crippen LogP contribution in [0.1, 0.15) is 21.5 Å². The van der Waals surface area contributed by atoms with Crippen molar-refractivity contribution in [1.82, 2.24) is 4.90 Å². The van der Waals surface area contributed by atoms with E-state index in [1.54, 1.807) is 48.5 Å². The first-order valence-electron chi connectivity index (χ1n) is 9.71. The number of carbonyl (C=O) groups is 3. The van der Waals surface area contributed by atoms with E-state index in [-0.39, 0.29) is 6.54 Å². The van der Waals surface area contributed by atoms with Gasteiger partial charge in [0.05, 0.1) is 11.3 Å². The smallest absolute Gasteiger partial charge is 0.341 e. The Morgan fingerprint density at radius 2 is 1.40 bits per heavy atom. The molecule has 148 valence electrons. The molecular weight excluding hydrogens is 380 g/mol. The van der Waals surface area contributed by atoms with Crippen LogP contribution in [0.2, 0.25) is 0 Å². The lowest BCUT2D eigenvalue weighted by Crippen LogP contribution is -2.48. The second-order valence-electron chi connectivity index (χ2n) is 7.23. The quantitative estimate of drug-likeness (QED) is 0.496. The van der Waals surface area contributed by atoms with Crippen LogP contribution in [0.3, 0.4) is 0 Å². The molecule has 2 heterocycles. The second-order valence-corrected chi connectivity index (χ2v) is 7.23. The van der Waals surface area contributed by atoms with E-state index >= 15 is 0 Å². The summed E-state index contributed by atoms with van der Waals surface area (Å²) >= 11 is 0. The summed E-state index contributed by atoms with van der Waals surface area (Å²) in [5.74, 6) is -1.18. The van der Waals surface area contributed by atoms with Gasteiger partial charge in [-0.2, -0.15) is 0 Å². The zero-order valence-electron chi connectivity index (χ0n) is 16.0. The number of hydrogen-bond acceptors (Lipinski definition) is 4. The third-order valence-electron chi connectivity index (χ3n) is 5.53. The number of anilines is 1. The molecule has 3 aromatic rings. The topological polar surface area (TPSA) is 66.9 Å². The van der Waals surface area contributed by atoms with Gasteiger partial charge >= 0.3 is 17.9 Å². The summed E-state index contributed by atoms with van der Waals surface area (Å²) in [6.07, 6.45) is 0.518. The number of benzene rings is 3. The maximum Gasteiger partial charge on any atom is 0.341 e. The van der Waals surface area contributed by atoms with Crippen molar-refractivity contribution in [1.29, 1.82) is 0 Å². The molecule has 0 radical (unpaired) electrons. The molecule has 0 saturated carbocycles. The van der Waals surface area contributed by atoms with Crippen LogP contribution in [-0.2, 0) is 21.7 Å². The summed E-state index contributed by atoms with van der Waals surface area (Å²) in [5.41, 5.74) is 0.381. The second kappa shape index (κ2) is 6.84. The summed E-state index contributed by atoms with van der Waals surface area (Å²) in [5, 5.41) is 0. The van der Waals surface area contributed by atoms with Gasteiger partial charge in [0.2, 0.25) is 0 Å². The predicted molar refractivity (Wildman–Crippen MR) is 110 cm³/mol. The first-order chi connectivity index (χ1) is 14.6. The molecule has 0 aromatic heterocycles. The van der Waals surface area contributed by atoms with Crippen molar-refractivity contribution in [3.05, 3.63) is 102 Å².